The van der Waals surface area contributed by atoms with Crippen molar-refractivity contribution < 1.29 is 4.74 Å². The zero-order chi connectivity index (χ0) is 16.4. The Kier molecular flexibility index (Phi) is 3.67. The molecule has 24 heavy (non-hydrogen) atoms. The highest BCUT2D eigenvalue weighted by Crippen LogP contribution is 2.34. The molecule has 3 heteroatoms. The predicted octanol–water partition coefficient (Wildman–Crippen LogP) is 4.97. The van der Waals surface area contributed by atoms with Crippen LogP contribution in [0.4, 0.5) is 0 Å². The molecule has 1 aromatic heterocycles. The van der Waals surface area contributed by atoms with Gasteiger partial charge >= 0.3 is 0 Å². The van der Waals surface area contributed by atoms with Gasteiger partial charge in [-0.25, -0.2) is 9.97 Å². The smallest absolute Gasteiger partial charge is 0.126 e. The molecule has 0 aliphatic rings. The quantitative estimate of drug-likeness (QED) is 0.535. The summed E-state index contributed by atoms with van der Waals surface area (Å²) in [5.41, 5.74) is 4.39. The zero-order valence-corrected chi connectivity index (χ0v) is 13.3. The summed E-state index contributed by atoms with van der Waals surface area (Å²) in [7, 11) is 1.70. The van der Waals surface area contributed by atoms with Crippen molar-refractivity contribution in [2.45, 2.75) is 0 Å². The maximum Gasteiger partial charge on any atom is 0.126 e. The fourth-order valence-electron chi connectivity index (χ4n) is 3.02. The average Bonchev–Trinajstić information content (AvgIpc) is 2.67. The molecule has 0 atom stereocenters. The van der Waals surface area contributed by atoms with Crippen LogP contribution in [0, 0.1) is 0 Å². The van der Waals surface area contributed by atoms with E-state index in [2.05, 4.69) is 52.4 Å². The van der Waals surface area contributed by atoms with Crippen molar-refractivity contribution in [1.82, 2.24) is 9.97 Å². The van der Waals surface area contributed by atoms with Crippen LogP contribution in [0.3, 0.4) is 0 Å². The van der Waals surface area contributed by atoms with Crippen molar-refractivity contribution in [3.8, 4) is 28.0 Å². The van der Waals surface area contributed by atoms with Crippen LogP contribution in [0.5, 0.6) is 5.75 Å². The molecule has 0 amide bonds. The molecule has 0 bridgehead atoms. The summed E-state index contributed by atoms with van der Waals surface area (Å²) in [6.45, 7) is 0. The summed E-state index contributed by atoms with van der Waals surface area (Å²) < 4.78 is 5.49. The second-order valence-corrected chi connectivity index (χ2v) is 5.57. The fourth-order valence-corrected chi connectivity index (χ4v) is 3.02. The van der Waals surface area contributed by atoms with E-state index in [1.54, 1.807) is 13.4 Å². The second-order valence-electron chi connectivity index (χ2n) is 5.57. The lowest BCUT2D eigenvalue weighted by molar-refractivity contribution is 0.416. The van der Waals surface area contributed by atoms with E-state index in [9.17, 15) is 0 Å². The van der Waals surface area contributed by atoms with E-state index in [0.717, 1.165) is 28.0 Å². The molecule has 4 aromatic rings. The molecular formula is C21H16N2O. The topological polar surface area (TPSA) is 35.0 Å². The average molecular weight is 312 g/mol. The first kappa shape index (κ1) is 14.4. The number of aromatic nitrogens is 2. The van der Waals surface area contributed by atoms with Gasteiger partial charge in [-0.3, -0.25) is 0 Å². The lowest BCUT2D eigenvalue weighted by Crippen LogP contribution is -1.88. The van der Waals surface area contributed by atoms with E-state index in [1.807, 2.05) is 30.6 Å². The minimum Gasteiger partial charge on any atom is -0.496 e. The second kappa shape index (κ2) is 6.13. The van der Waals surface area contributed by atoms with Gasteiger partial charge in [0.2, 0.25) is 0 Å². The van der Waals surface area contributed by atoms with Gasteiger partial charge in [-0.05, 0) is 34.0 Å². The molecular weight excluding hydrogens is 296 g/mol. The Balaban J connectivity index is 1.89. The van der Waals surface area contributed by atoms with E-state index in [-0.39, 0.29) is 0 Å². The van der Waals surface area contributed by atoms with Crippen LogP contribution >= 0.6 is 0 Å². The molecule has 0 saturated carbocycles. The van der Waals surface area contributed by atoms with Crippen LogP contribution in [0.1, 0.15) is 0 Å². The zero-order valence-electron chi connectivity index (χ0n) is 13.3. The van der Waals surface area contributed by atoms with Crippen LogP contribution in [-0.4, -0.2) is 17.1 Å². The molecule has 4 rings (SSSR count). The molecule has 0 spiro atoms. The van der Waals surface area contributed by atoms with Gasteiger partial charge in [-0.1, -0.05) is 48.5 Å². The monoisotopic (exact) mass is 312 g/mol. The minimum atomic E-state index is 0.879. The molecule has 0 N–H and O–H groups in total. The molecule has 0 aliphatic carbocycles. The molecule has 0 aliphatic heterocycles. The molecule has 0 unspecified atom stereocenters. The SMILES string of the molecule is COc1ccccc1-c1ccc2c(-c3cncnc3)cccc2c1. The van der Waals surface area contributed by atoms with Gasteiger partial charge in [0.05, 0.1) is 7.11 Å². The maximum atomic E-state index is 5.49. The molecule has 116 valence electrons. The van der Waals surface area contributed by atoms with Crippen molar-refractivity contribution in [3.63, 3.8) is 0 Å². The first-order chi connectivity index (χ1) is 11.9. The Morgan fingerprint density at radius 2 is 1.54 bits per heavy atom. The van der Waals surface area contributed by atoms with Gasteiger partial charge in [0, 0.05) is 23.5 Å². The minimum absolute atomic E-state index is 0.879. The first-order valence-corrected chi connectivity index (χ1v) is 7.78. The number of fused-ring (bicyclic) bond motifs is 1. The number of benzene rings is 3. The van der Waals surface area contributed by atoms with Crippen molar-refractivity contribution in [2.75, 3.05) is 7.11 Å². The normalized spacial score (nSPS) is 10.7. The maximum absolute atomic E-state index is 5.49. The number of hydrogen-bond donors (Lipinski definition) is 0. The van der Waals surface area contributed by atoms with E-state index < -0.39 is 0 Å². The van der Waals surface area contributed by atoms with Crippen LogP contribution in [0.25, 0.3) is 33.0 Å². The van der Waals surface area contributed by atoms with Gasteiger partial charge in [0.25, 0.3) is 0 Å². The lowest BCUT2D eigenvalue weighted by atomic mass is 9.96. The summed E-state index contributed by atoms with van der Waals surface area (Å²) in [5, 5.41) is 2.37. The van der Waals surface area contributed by atoms with Gasteiger partial charge in [-0.2, -0.15) is 0 Å². The Bertz CT molecular complexity index is 997. The highest BCUT2D eigenvalue weighted by atomic mass is 16.5. The number of hydrogen-bond acceptors (Lipinski definition) is 3. The third-order valence-electron chi connectivity index (χ3n) is 4.17. The van der Waals surface area contributed by atoms with Crippen LogP contribution in [-0.2, 0) is 0 Å². The Labute approximate surface area is 140 Å². The summed E-state index contributed by atoms with van der Waals surface area (Å²) in [6, 6.07) is 20.8. The Morgan fingerprint density at radius 1 is 0.750 bits per heavy atom. The number of para-hydroxylation sites is 1. The van der Waals surface area contributed by atoms with Gasteiger partial charge < -0.3 is 4.74 Å². The fraction of sp³-hybridized carbons (Fsp3) is 0.0476. The molecule has 3 nitrogen and oxygen atoms in total. The molecule has 0 fully saturated rings. The first-order valence-electron chi connectivity index (χ1n) is 7.78. The van der Waals surface area contributed by atoms with Crippen LogP contribution in [0.15, 0.2) is 79.4 Å². The number of rotatable bonds is 3. The van der Waals surface area contributed by atoms with E-state index >= 15 is 0 Å². The molecule has 1 heterocycles. The Morgan fingerprint density at radius 3 is 2.38 bits per heavy atom. The highest BCUT2D eigenvalue weighted by Gasteiger charge is 2.08. The van der Waals surface area contributed by atoms with E-state index in [0.29, 0.717) is 0 Å². The predicted molar refractivity (Wildman–Crippen MR) is 97.0 cm³/mol. The Hall–Kier alpha value is -3.20. The molecule has 3 aromatic carbocycles. The highest BCUT2D eigenvalue weighted by molar-refractivity contribution is 5.98. The summed E-state index contributed by atoms with van der Waals surface area (Å²) in [5.74, 6) is 0.879. The summed E-state index contributed by atoms with van der Waals surface area (Å²) in [6.07, 6.45) is 5.24. The van der Waals surface area contributed by atoms with Gasteiger partial charge in [0.1, 0.15) is 12.1 Å². The van der Waals surface area contributed by atoms with Crippen molar-refractivity contribution in [1.29, 1.82) is 0 Å². The van der Waals surface area contributed by atoms with Crippen molar-refractivity contribution >= 4 is 10.8 Å². The molecule has 0 saturated heterocycles. The number of ether oxygens (including phenoxy) is 1. The lowest BCUT2D eigenvalue weighted by Gasteiger charge is -2.11. The van der Waals surface area contributed by atoms with Gasteiger partial charge in [-0.15, -0.1) is 0 Å². The summed E-state index contributed by atoms with van der Waals surface area (Å²) >= 11 is 0. The van der Waals surface area contributed by atoms with Crippen molar-refractivity contribution in [2.24, 2.45) is 0 Å². The van der Waals surface area contributed by atoms with Crippen molar-refractivity contribution in [3.05, 3.63) is 79.4 Å². The third kappa shape index (κ3) is 2.50. The molecule has 0 radical (unpaired) electrons. The summed E-state index contributed by atoms with van der Waals surface area (Å²) in [4.78, 5) is 8.26. The standard InChI is InChI=1S/C21H16N2O/c1-24-21-8-3-2-6-20(21)16-9-10-19-15(11-16)5-4-7-18(19)17-12-22-14-23-13-17/h2-14H,1H3. The largest absolute Gasteiger partial charge is 0.496 e. The van der Waals surface area contributed by atoms with Crippen LogP contribution < -0.4 is 4.74 Å². The van der Waals surface area contributed by atoms with E-state index in [1.165, 1.54) is 10.8 Å². The number of methoxy groups -OCH3 is 1. The number of nitrogens with zero attached hydrogens (tertiary/aromatic N) is 2. The van der Waals surface area contributed by atoms with Gasteiger partial charge in [0.15, 0.2) is 0 Å². The van der Waals surface area contributed by atoms with E-state index in [4.69, 9.17) is 4.74 Å². The van der Waals surface area contributed by atoms with Crippen LogP contribution in [0.2, 0.25) is 0 Å². The third-order valence-corrected chi connectivity index (χ3v) is 4.17.